The van der Waals surface area contributed by atoms with E-state index < -0.39 is 0 Å². The van der Waals surface area contributed by atoms with E-state index in [0.29, 0.717) is 33.9 Å². The Morgan fingerprint density at radius 2 is 2.04 bits per heavy atom. The normalized spacial score (nSPS) is 16.7. The second kappa shape index (κ2) is 8.25. The third kappa shape index (κ3) is 3.80. The number of nitrogens with zero attached hydrogens (tertiary/aromatic N) is 1. The van der Waals surface area contributed by atoms with Crippen molar-refractivity contribution in [3.05, 3.63) is 64.7 Å². The molecule has 0 spiro atoms. The Hall–Kier alpha value is -1.82. The predicted molar refractivity (Wildman–Crippen MR) is 108 cm³/mol. The molecule has 1 fully saturated rings. The van der Waals surface area contributed by atoms with Gasteiger partial charge in [-0.15, -0.1) is 11.8 Å². The van der Waals surface area contributed by atoms with Gasteiger partial charge in [-0.05, 0) is 42.0 Å². The third-order valence-electron chi connectivity index (χ3n) is 3.86. The van der Waals surface area contributed by atoms with Crippen molar-refractivity contribution < 1.29 is 14.3 Å². The van der Waals surface area contributed by atoms with Crippen LogP contribution < -0.4 is 14.4 Å². The maximum atomic E-state index is 12.5. The lowest BCUT2D eigenvalue weighted by Crippen LogP contribution is -2.27. The van der Waals surface area contributed by atoms with Crippen LogP contribution in [0.5, 0.6) is 11.5 Å². The largest absolute Gasteiger partial charge is 0.493 e. The number of rotatable bonds is 6. The standard InChI is InChI=1S/C19H17Cl2NO3S/c1-3-8-25-18-15(21)9-12(10-16(18)24-2)19-22(17(23)11-26-19)14-6-4-13(20)5-7-14/h3-7,9-10,19H,1,8,11H2,2H3/t19-/m1/s1. The van der Waals surface area contributed by atoms with Crippen molar-refractivity contribution in [2.45, 2.75) is 5.37 Å². The van der Waals surface area contributed by atoms with Crippen LogP contribution in [0.25, 0.3) is 0 Å². The van der Waals surface area contributed by atoms with Crippen LogP contribution in [0, 0.1) is 0 Å². The molecule has 1 amide bonds. The Morgan fingerprint density at radius 3 is 2.69 bits per heavy atom. The molecule has 4 nitrogen and oxygen atoms in total. The lowest BCUT2D eigenvalue weighted by atomic mass is 10.1. The minimum absolute atomic E-state index is 0.0318. The van der Waals surface area contributed by atoms with Crippen LogP contribution >= 0.6 is 35.0 Å². The van der Waals surface area contributed by atoms with Gasteiger partial charge in [0.25, 0.3) is 0 Å². The summed E-state index contributed by atoms with van der Waals surface area (Å²) in [4.78, 5) is 14.2. The zero-order valence-electron chi connectivity index (χ0n) is 14.1. The average Bonchev–Trinajstić information content (AvgIpc) is 3.02. The SMILES string of the molecule is C=CCOc1c(Cl)cc([C@H]2SCC(=O)N2c2ccc(Cl)cc2)cc1OC. The van der Waals surface area contributed by atoms with E-state index in [9.17, 15) is 4.79 Å². The number of thioether (sulfide) groups is 1. The molecular weight excluding hydrogens is 393 g/mol. The lowest BCUT2D eigenvalue weighted by molar-refractivity contribution is -0.115. The van der Waals surface area contributed by atoms with E-state index in [-0.39, 0.29) is 11.3 Å². The van der Waals surface area contributed by atoms with Crippen molar-refractivity contribution in [1.29, 1.82) is 0 Å². The molecule has 0 saturated carbocycles. The molecule has 0 bridgehead atoms. The first-order chi connectivity index (χ1) is 12.5. The van der Waals surface area contributed by atoms with Crippen LogP contribution in [-0.4, -0.2) is 25.4 Å². The quantitative estimate of drug-likeness (QED) is 0.603. The maximum Gasteiger partial charge on any atom is 0.238 e. The predicted octanol–water partition coefficient (Wildman–Crippen LogP) is 5.35. The first kappa shape index (κ1) is 19.0. The van der Waals surface area contributed by atoms with Gasteiger partial charge in [-0.2, -0.15) is 0 Å². The van der Waals surface area contributed by atoms with Crippen molar-refractivity contribution in [1.82, 2.24) is 0 Å². The number of ether oxygens (including phenoxy) is 2. The number of carbonyl (C=O) groups is 1. The monoisotopic (exact) mass is 409 g/mol. The second-order valence-corrected chi connectivity index (χ2v) is 7.45. The highest BCUT2D eigenvalue weighted by molar-refractivity contribution is 8.00. The van der Waals surface area contributed by atoms with Crippen molar-refractivity contribution >= 4 is 46.6 Å². The molecule has 1 saturated heterocycles. The summed E-state index contributed by atoms with van der Waals surface area (Å²) in [6.07, 6.45) is 1.64. The summed E-state index contributed by atoms with van der Waals surface area (Å²) in [6.45, 7) is 3.96. The molecule has 7 heteroatoms. The van der Waals surface area contributed by atoms with E-state index >= 15 is 0 Å². The average molecular weight is 410 g/mol. The molecule has 0 aromatic heterocycles. The molecule has 136 valence electrons. The van der Waals surface area contributed by atoms with E-state index in [4.69, 9.17) is 32.7 Å². The molecule has 1 atom stereocenters. The summed E-state index contributed by atoms with van der Waals surface area (Å²) < 4.78 is 11.0. The summed E-state index contributed by atoms with van der Waals surface area (Å²) in [7, 11) is 1.56. The van der Waals surface area contributed by atoms with E-state index in [0.717, 1.165) is 11.3 Å². The van der Waals surface area contributed by atoms with Crippen molar-refractivity contribution in [2.24, 2.45) is 0 Å². The number of benzene rings is 2. The summed E-state index contributed by atoms with van der Waals surface area (Å²) >= 11 is 13.9. The Labute approximate surface area is 166 Å². The minimum Gasteiger partial charge on any atom is -0.493 e. The lowest BCUT2D eigenvalue weighted by Gasteiger charge is -2.25. The third-order valence-corrected chi connectivity index (χ3v) is 5.60. The number of hydrogen-bond donors (Lipinski definition) is 0. The number of amides is 1. The van der Waals surface area contributed by atoms with Gasteiger partial charge in [0.15, 0.2) is 11.5 Å². The topological polar surface area (TPSA) is 38.8 Å². The van der Waals surface area contributed by atoms with Crippen LogP contribution in [0.15, 0.2) is 49.1 Å². The number of methoxy groups -OCH3 is 1. The van der Waals surface area contributed by atoms with Gasteiger partial charge >= 0.3 is 0 Å². The smallest absolute Gasteiger partial charge is 0.238 e. The maximum absolute atomic E-state index is 12.5. The highest BCUT2D eigenvalue weighted by Crippen LogP contribution is 2.46. The Morgan fingerprint density at radius 1 is 1.31 bits per heavy atom. The van der Waals surface area contributed by atoms with Gasteiger partial charge in [0.1, 0.15) is 12.0 Å². The molecule has 0 radical (unpaired) electrons. The fourth-order valence-electron chi connectivity index (χ4n) is 2.72. The summed E-state index contributed by atoms with van der Waals surface area (Å²) in [6, 6.07) is 10.9. The van der Waals surface area contributed by atoms with Gasteiger partial charge in [-0.25, -0.2) is 0 Å². The molecular formula is C19H17Cl2NO3S. The summed E-state index contributed by atoms with van der Waals surface area (Å²) in [5, 5.41) is 0.846. The van der Waals surface area contributed by atoms with E-state index in [2.05, 4.69) is 6.58 Å². The molecule has 2 aromatic carbocycles. The minimum atomic E-state index is -0.205. The first-order valence-corrected chi connectivity index (χ1v) is 9.66. The first-order valence-electron chi connectivity index (χ1n) is 7.85. The molecule has 2 aromatic rings. The zero-order chi connectivity index (χ0) is 18.7. The van der Waals surface area contributed by atoms with Crippen molar-refractivity contribution in [2.75, 3.05) is 24.4 Å². The van der Waals surface area contributed by atoms with Gasteiger partial charge in [-0.3, -0.25) is 9.69 Å². The van der Waals surface area contributed by atoms with Crippen LogP contribution in [0.2, 0.25) is 10.0 Å². The van der Waals surface area contributed by atoms with Crippen LogP contribution in [-0.2, 0) is 4.79 Å². The molecule has 1 heterocycles. The molecule has 1 aliphatic rings. The van der Waals surface area contributed by atoms with E-state index in [1.54, 1.807) is 30.2 Å². The van der Waals surface area contributed by atoms with Gasteiger partial charge in [0, 0.05) is 10.7 Å². The summed E-state index contributed by atoms with van der Waals surface area (Å²) in [5.41, 5.74) is 1.65. The van der Waals surface area contributed by atoms with Crippen molar-refractivity contribution in [3.63, 3.8) is 0 Å². The van der Waals surface area contributed by atoms with E-state index in [1.165, 1.54) is 11.8 Å². The molecule has 0 unspecified atom stereocenters. The molecule has 1 aliphatic heterocycles. The molecule has 3 rings (SSSR count). The Kier molecular flexibility index (Phi) is 6.01. The highest BCUT2D eigenvalue weighted by atomic mass is 35.5. The van der Waals surface area contributed by atoms with Gasteiger partial charge < -0.3 is 9.47 Å². The Balaban J connectivity index is 1.98. The molecule has 26 heavy (non-hydrogen) atoms. The van der Waals surface area contributed by atoms with Crippen LogP contribution in [0.3, 0.4) is 0 Å². The number of hydrogen-bond acceptors (Lipinski definition) is 4. The summed E-state index contributed by atoms with van der Waals surface area (Å²) in [5.74, 6) is 1.40. The fraction of sp³-hybridized carbons (Fsp3) is 0.211. The van der Waals surface area contributed by atoms with Crippen molar-refractivity contribution in [3.8, 4) is 11.5 Å². The number of carbonyl (C=O) groups excluding carboxylic acids is 1. The van der Waals surface area contributed by atoms with Crippen LogP contribution in [0.1, 0.15) is 10.9 Å². The number of halogens is 2. The fourth-order valence-corrected chi connectivity index (χ4v) is 4.27. The highest BCUT2D eigenvalue weighted by Gasteiger charge is 2.35. The Bertz CT molecular complexity index is 826. The number of anilines is 1. The molecule has 0 aliphatic carbocycles. The van der Waals surface area contributed by atoms with Gasteiger partial charge in [0.05, 0.1) is 17.9 Å². The zero-order valence-corrected chi connectivity index (χ0v) is 16.4. The van der Waals surface area contributed by atoms with Gasteiger partial charge in [0.2, 0.25) is 5.91 Å². The van der Waals surface area contributed by atoms with Gasteiger partial charge in [-0.1, -0.05) is 35.9 Å². The molecule has 0 N–H and O–H groups in total. The second-order valence-electron chi connectivity index (χ2n) is 5.54. The van der Waals surface area contributed by atoms with Crippen LogP contribution in [0.4, 0.5) is 5.69 Å². The van der Waals surface area contributed by atoms with E-state index in [1.807, 2.05) is 24.3 Å².